The summed E-state index contributed by atoms with van der Waals surface area (Å²) in [5.41, 5.74) is 10.6. The molecule has 0 aliphatic heterocycles. The van der Waals surface area contributed by atoms with Gasteiger partial charge in [-0.3, -0.25) is 19.2 Å². The molecule has 0 saturated heterocycles. The standard InChI is InChI=1S/C18H33N5O6S/c1-9(2)7-12(22-15(25)10(3)19)17(27)21-11(5-6-30-4)16(26)23-13(18(28)29)8-14(20)24/h9-13H,5-8,19H2,1-4H3,(H2,20,24)(H,21,27)(H,22,25)(H,23,26)(H,28,29). The van der Waals surface area contributed by atoms with Gasteiger partial charge in [0.15, 0.2) is 0 Å². The number of carboxylic acids is 1. The number of nitrogens with one attached hydrogen (secondary N) is 3. The molecule has 4 unspecified atom stereocenters. The van der Waals surface area contributed by atoms with Gasteiger partial charge in [-0.15, -0.1) is 0 Å². The number of nitrogens with two attached hydrogens (primary N) is 2. The van der Waals surface area contributed by atoms with Crippen LogP contribution in [0.1, 0.15) is 40.0 Å². The van der Waals surface area contributed by atoms with E-state index in [1.54, 1.807) is 0 Å². The number of primary amides is 1. The Labute approximate surface area is 180 Å². The van der Waals surface area contributed by atoms with E-state index in [2.05, 4.69) is 16.0 Å². The quantitative estimate of drug-likeness (QED) is 0.186. The molecule has 0 aliphatic rings. The molecular weight excluding hydrogens is 414 g/mol. The first-order chi connectivity index (χ1) is 13.9. The second-order valence-corrected chi connectivity index (χ2v) is 8.38. The maximum absolute atomic E-state index is 12.8. The fraction of sp³-hybridized carbons (Fsp3) is 0.722. The van der Waals surface area contributed by atoms with E-state index in [-0.39, 0.29) is 12.3 Å². The van der Waals surface area contributed by atoms with Crippen molar-refractivity contribution in [3.05, 3.63) is 0 Å². The third-order valence-corrected chi connectivity index (χ3v) is 4.66. The first-order valence-electron chi connectivity index (χ1n) is 9.55. The Hall–Kier alpha value is -2.34. The van der Waals surface area contributed by atoms with Crippen molar-refractivity contribution >= 4 is 41.4 Å². The molecule has 11 nitrogen and oxygen atoms in total. The summed E-state index contributed by atoms with van der Waals surface area (Å²) in [5, 5.41) is 16.5. The van der Waals surface area contributed by atoms with Crippen molar-refractivity contribution in [3.63, 3.8) is 0 Å². The van der Waals surface area contributed by atoms with Gasteiger partial charge in [-0.25, -0.2) is 4.79 Å². The van der Waals surface area contributed by atoms with Gasteiger partial charge in [0.1, 0.15) is 18.1 Å². The fourth-order valence-electron chi connectivity index (χ4n) is 2.46. The highest BCUT2D eigenvalue weighted by Gasteiger charge is 2.30. The summed E-state index contributed by atoms with van der Waals surface area (Å²) in [6.07, 6.45) is 1.77. The normalized spacial score (nSPS) is 14.9. The summed E-state index contributed by atoms with van der Waals surface area (Å²) in [6, 6.07) is -4.28. The van der Waals surface area contributed by atoms with Crippen LogP contribution in [0.4, 0.5) is 0 Å². The molecule has 4 atom stereocenters. The van der Waals surface area contributed by atoms with Crippen LogP contribution in [0, 0.1) is 5.92 Å². The summed E-state index contributed by atoms with van der Waals surface area (Å²) < 4.78 is 0. The molecule has 0 rings (SSSR count). The number of carboxylic acid groups (broad SMARTS) is 1. The zero-order chi connectivity index (χ0) is 23.4. The molecule has 0 saturated carbocycles. The van der Waals surface area contributed by atoms with Crippen LogP contribution in [-0.2, 0) is 24.0 Å². The van der Waals surface area contributed by atoms with E-state index in [1.807, 2.05) is 20.1 Å². The highest BCUT2D eigenvalue weighted by molar-refractivity contribution is 7.98. The van der Waals surface area contributed by atoms with E-state index in [0.717, 1.165) is 0 Å². The lowest BCUT2D eigenvalue weighted by Gasteiger charge is -2.25. The van der Waals surface area contributed by atoms with Gasteiger partial charge in [-0.1, -0.05) is 13.8 Å². The minimum absolute atomic E-state index is 0.0690. The van der Waals surface area contributed by atoms with Crippen LogP contribution in [0.15, 0.2) is 0 Å². The molecule has 0 radical (unpaired) electrons. The minimum Gasteiger partial charge on any atom is -0.480 e. The number of hydrogen-bond donors (Lipinski definition) is 6. The molecule has 8 N–H and O–H groups in total. The van der Waals surface area contributed by atoms with E-state index in [1.165, 1.54) is 18.7 Å². The number of aliphatic carboxylic acids is 1. The highest BCUT2D eigenvalue weighted by atomic mass is 32.2. The Morgan fingerprint density at radius 3 is 1.83 bits per heavy atom. The van der Waals surface area contributed by atoms with Crippen molar-refractivity contribution in [2.24, 2.45) is 17.4 Å². The fourth-order valence-corrected chi connectivity index (χ4v) is 2.93. The van der Waals surface area contributed by atoms with Crippen molar-refractivity contribution in [2.45, 2.75) is 64.2 Å². The lowest BCUT2D eigenvalue weighted by atomic mass is 10.0. The number of rotatable bonds is 14. The number of thioether (sulfide) groups is 1. The van der Waals surface area contributed by atoms with E-state index in [4.69, 9.17) is 11.5 Å². The van der Waals surface area contributed by atoms with Gasteiger partial charge < -0.3 is 32.5 Å². The molecule has 172 valence electrons. The van der Waals surface area contributed by atoms with Crippen LogP contribution in [0.3, 0.4) is 0 Å². The molecule has 0 aromatic rings. The minimum atomic E-state index is -1.51. The van der Waals surface area contributed by atoms with Crippen LogP contribution in [0.5, 0.6) is 0 Å². The van der Waals surface area contributed by atoms with Crippen LogP contribution >= 0.6 is 11.8 Å². The van der Waals surface area contributed by atoms with Crippen molar-refractivity contribution in [3.8, 4) is 0 Å². The van der Waals surface area contributed by atoms with Gasteiger partial charge in [0, 0.05) is 0 Å². The van der Waals surface area contributed by atoms with Gasteiger partial charge in [-0.2, -0.15) is 11.8 Å². The summed E-state index contributed by atoms with van der Waals surface area (Å²) in [5.74, 6) is -3.57. The van der Waals surface area contributed by atoms with Crippen LogP contribution in [0.2, 0.25) is 0 Å². The Morgan fingerprint density at radius 1 is 0.900 bits per heavy atom. The molecule has 0 aliphatic carbocycles. The smallest absolute Gasteiger partial charge is 0.326 e. The van der Waals surface area contributed by atoms with Crippen molar-refractivity contribution in [1.82, 2.24) is 16.0 Å². The SMILES string of the molecule is CSCCC(NC(=O)C(CC(C)C)NC(=O)C(C)N)C(=O)NC(CC(N)=O)C(=O)O. The molecule has 0 aromatic heterocycles. The lowest BCUT2D eigenvalue weighted by Crippen LogP contribution is -2.57. The molecular formula is C18H33N5O6S. The first kappa shape index (κ1) is 27.7. The van der Waals surface area contributed by atoms with E-state index >= 15 is 0 Å². The lowest BCUT2D eigenvalue weighted by molar-refractivity contribution is -0.143. The zero-order valence-electron chi connectivity index (χ0n) is 17.8. The third kappa shape index (κ3) is 11.0. The summed E-state index contributed by atoms with van der Waals surface area (Å²) in [7, 11) is 0. The van der Waals surface area contributed by atoms with Crippen molar-refractivity contribution in [1.29, 1.82) is 0 Å². The van der Waals surface area contributed by atoms with Crippen LogP contribution < -0.4 is 27.4 Å². The topological polar surface area (TPSA) is 194 Å². The molecule has 4 amide bonds. The Balaban J connectivity index is 5.39. The maximum Gasteiger partial charge on any atom is 0.326 e. The second kappa shape index (κ2) is 13.8. The van der Waals surface area contributed by atoms with Gasteiger partial charge in [0.05, 0.1) is 12.5 Å². The summed E-state index contributed by atoms with van der Waals surface area (Å²) in [6.45, 7) is 5.23. The van der Waals surface area contributed by atoms with E-state index < -0.39 is 60.2 Å². The maximum atomic E-state index is 12.8. The van der Waals surface area contributed by atoms with Crippen molar-refractivity contribution in [2.75, 3.05) is 12.0 Å². The molecule has 0 bridgehead atoms. The number of hydrogen-bond acceptors (Lipinski definition) is 7. The van der Waals surface area contributed by atoms with Gasteiger partial charge >= 0.3 is 5.97 Å². The zero-order valence-corrected chi connectivity index (χ0v) is 18.6. The molecule has 0 heterocycles. The molecule has 0 aromatic carbocycles. The predicted molar refractivity (Wildman–Crippen MR) is 113 cm³/mol. The summed E-state index contributed by atoms with van der Waals surface area (Å²) in [4.78, 5) is 59.6. The second-order valence-electron chi connectivity index (χ2n) is 7.39. The monoisotopic (exact) mass is 447 g/mol. The predicted octanol–water partition coefficient (Wildman–Crippen LogP) is -1.45. The third-order valence-electron chi connectivity index (χ3n) is 4.02. The Morgan fingerprint density at radius 2 is 1.40 bits per heavy atom. The highest BCUT2D eigenvalue weighted by Crippen LogP contribution is 2.08. The molecule has 12 heteroatoms. The largest absolute Gasteiger partial charge is 0.480 e. The van der Waals surface area contributed by atoms with Crippen LogP contribution in [0.25, 0.3) is 0 Å². The average molecular weight is 448 g/mol. The van der Waals surface area contributed by atoms with Crippen LogP contribution in [-0.4, -0.2) is 70.9 Å². The van der Waals surface area contributed by atoms with Crippen molar-refractivity contribution < 1.29 is 29.1 Å². The summed E-state index contributed by atoms with van der Waals surface area (Å²) >= 11 is 1.44. The Bertz CT molecular complexity index is 628. The number of amides is 4. The van der Waals surface area contributed by atoms with E-state index in [9.17, 15) is 29.1 Å². The molecule has 0 fully saturated rings. The molecule has 0 spiro atoms. The average Bonchev–Trinajstić information content (AvgIpc) is 2.62. The van der Waals surface area contributed by atoms with E-state index in [0.29, 0.717) is 12.2 Å². The van der Waals surface area contributed by atoms with Gasteiger partial charge in [0.25, 0.3) is 0 Å². The Kier molecular flexibility index (Phi) is 12.7. The number of carbonyl (C=O) groups excluding carboxylic acids is 4. The molecule has 30 heavy (non-hydrogen) atoms. The van der Waals surface area contributed by atoms with Gasteiger partial charge in [-0.05, 0) is 37.7 Å². The number of carbonyl (C=O) groups is 5. The van der Waals surface area contributed by atoms with Gasteiger partial charge in [0.2, 0.25) is 23.6 Å². The first-order valence-corrected chi connectivity index (χ1v) is 10.9.